The maximum atomic E-state index is 11.5. The van der Waals surface area contributed by atoms with E-state index < -0.39 is 0 Å². The van der Waals surface area contributed by atoms with E-state index in [1.54, 1.807) is 11.3 Å². The molecule has 0 spiro atoms. The van der Waals surface area contributed by atoms with Gasteiger partial charge < -0.3 is 10.1 Å². The van der Waals surface area contributed by atoms with Crippen molar-refractivity contribution in [1.29, 1.82) is 0 Å². The van der Waals surface area contributed by atoms with Crippen LogP contribution in [-0.4, -0.2) is 18.6 Å². The molecule has 0 aliphatic heterocycles. The zero-order valence-electron chi connectivity index (χ0n) is 9.16. The SMILES string of the molecule is CCOC(=O)C(CC)NCc1ccsc1. The van der Waals surface area contributed by atoms with Gasteiger partial charge in [-0.25, -0.2) is 0 Å². The maximum absolute atomic E-state index is 11.5. The molecular formula is C11H17NO2S. The van der Waals surface area contributed by atoms with Crippen LogP contribution in [0.2, 0.25) is 0 Å². The monoisotopic (exact) mass is 227 g/mol. The minimum atomic E-state index is -0.190. The van der Waals surface area contributed by atoms with Gasteiger partial charge in [-0.3, -0.25) is 4.79 Å². The molecule has 0 radical (unpaired) electrons. The first-order valence-corrected chi connectivity index (χ1v) is 6.13. The van der Waals surface area contributed by atoms with Crippen molar-refractivity contribution in [3.05, 3.63) is 22.4 Å². The van der Waals surface area contributed by atoms with Gasteiger partial charge in [0.25, 0.3) is 0 Å². The largest absolute Gasteiger partial charge is 0.465 e. The summed E-state index contributed by atoms with van der Waals surface area (Å²) in [5, 5.41) is 7.29. The Bertz CT molecular complexity index is 285. The van der Waals surface area contributed by atoms with Crippen molar-refractivity contribution in [2.24, 2.45) is 0 Å². The lowest BCUT2D eigenvalue weighted by atomic mass is 10.2. The second kappa shape index (κ2) is 6.58. The second-order valence-corrected chi connectivity index (χ2v) is 4.01. The summed E-state index contributed by atoms with van der Waals surface area (Å²) in [7, 11) is 0. The van der Waals surface area contributed by atoms with Crippen molar-refractivity contribution in [3.63, 3.8) is 0 Å². The molecule has 0 aliphatic rings. The Balaban J connectivity index is 2.37. The van der Waals surface area contributed by atoms with E-state index in [2.05, 4.69) is 16.8 Å². The molecule has 0 fully saturated rings. The summed E-state index contributed by atoms with van der Waals surface area (Å²) in [6.07, 6.45) is 0.753. The number of carbonyl (C=O) groups is 1. The van der Waals surface area contributed by atoms with Crippen LogP contribution in [0.25, 0.3) is 0 Å². The van der Waals surface area contributed by atoms with Crippen molar-refractivity contribution >= 4 is 17.3 Å². The molecule has 0 saturated carbocycles. The zero-order chi connectivity index (χ0) is 11.1. The predicted molar refractivity (Wildman–Crippen MR) is 61.9 cm³/mol. The molecule has 1 atom stereocenters. The van der Waals surface area contributed by atoms with E-state index in [0.29, 0.717) is 6.61 Å². The highest BCUT2D eigenvalue weighted by Gasteiger charge is 2.16. The number of carbonyl (C=O) groups excluding carboxylic acids is 1. The van der Waals surface area contributed by atoms with E-state index >= 15 is 0 Å². The highest BCUT2D eigenvalue weighted by molar-refractivity contribution is 7.07. The van der Waals surface area contributed by atoms with Crippen molar-refractivity contribution < 1.29 is 9.53 Å². The molecule has 0 aliphatic carbocycles. The van der Waals surface area contributed by atoms with Crippen LogP contribution in [0.15, 0.2) is 16.8 Å². The third kappa shape index (κ3) is 4.01. The van der Waals surface area contributed by atoms with E-state index in [1.807, 2.05) is 19.2 Å². The van der Waals surface area contributed by atoms with E-state index in [0.717, 1.165) is 13.0 Å². The van der Waals surface area contributed by atoms with Crippen LogP contribution >= 0.6 is 11.3 Å². The van der Waals surface area contributed by atoms with Crippen LogP contribution in [0.5, 0.6) is 0 Å². The molecular weight excluding hydrogens is 210 g/mol. The summed E-state index contributed by atoms with van der Waals surface area (Å²) in [5.74, 6) is -0.157. The van der Waals surface area contributed by atoms with Gasteiger partial charge in [-0.05, 0) is 35.7 Å². The number of esters is 1. The van der Waals surface area contributed by atoms with Crippen molar-refractivity contribution in [1.82, 2.24) is 5.32 Å². The average molecular weight is 227 g/mol. The molecule has 0 saturated heterocycles. The summed E-state index contributed by atoms with van der Waals surface area (Å²) in [6, 6.07) is 1.86. The van der Waals surface area contributed by atoms with Crippen LogP contribution in [0.4, 0.5) is 0 Å². The van der Waals surface area contributed by atoms with Gasteiger partial charge in [-0.1, -0.05) is 6.92 Å². The minimum Gasteiger partial charge on any atom is -0.465 e. The lowest BCUT2D eigenvalue weighted by Crippen LogP contribution is -2.37. The smallest absolute Gasteiger partial charge is 0.323 e. The van der Waals surface area contributed by atoms with E-state index in [9.17, 15) is 4.79 Å². The third-order valence-corrected chi connectivity index (χ3v) is 2.84. The first kappa shape index (κ1) is 12.2. The molecule has 3 nitrogen and oxygen atoms in total. The van der Waals surface area contributed by atoms with Crippen molar-refractivity contribution in [2.75, 3.05) is 6.61 Å². The Morgan fingerprint density at radius 2 is 2.40 bits per heavy atom. The number of ether oxygens (including phenoxy) is 1. The predicted octanol–water partition coefficient (Wildman–Crippen LogP) is 2.18. The summed E-state index contributed by atoms with van der Waals surface area (Å²) in [6.45, 7) is 4.96. The van der Waals surface area contributed by atoms with E-state index in [-0.39, 0.29) is 12.0 Å². The molecule has 0 amide bonds. The standard InChI is InChI=1S/C11H17NO2S/c1-3-10(11(13)14-4-2)12-7-9-5-6-15-8-9/h5-6,8,10,12H,3-4,7H2,1-2H3. The maximum Gasteiger partial charge on any atom is 0.323 e. The average Bonchev–Trinajstić information content (AvgIpc) is 2.72. The van der Waals surface area contributed by atoms with Gasteiger partial charge in [0.1, 0.15) is 6.04 Å². The first-order chi connectivity index (χ1) is 7.27. The van der Waals surface area contributed by atoms with Crippen molar-refractivity contribution in [2.45, 2.75) is 32.9 Å². The van der Waals surface area contributed by atoms with Gasteiger partial charge in [0.15, 0.2) is 0 Å². The number of thiophene rings is 1. The van der Waals surface area contributed by atoms with Crippen LogP contribution in [0, 0.1) is 0 Å². The van der Waals surface area contributed by atoms with Crippen molar-refractivity contribution in [3.8, 4) is 0 Å². The summed E-state index contributed by atoms with van der Waals surface area (Å²) >= 11 is 1.66. The van der Waals surface area contributed by atoms with E-state index in [4.69, 9.17) is 4.74 Å². The molecule has 0 bridgehead atoms. The molecule has 0 aromatic carbocycles. The van der Waals surface area contributed by atoms with Crippen LogP contribution in [0.3, 0.4) is 0 Å². The van der Waals surface area contributed by atoms with Gasteiger partial charge in [-0.15, -0.1) is 0 Å². The second-order valence-electron chi connectivity index (χ2n) is 3.23. The van der Waals surface area contributed by atoms with Gasteiger partial charge in [0, 0.05) is 6.54 Å². The topological polar surface area (TPSA) is 38.3 Å². The fourth-order valence-electron chi connectivity index (χ4n) is 1.27. The molecule has 1 aromatic heterocycles. The zero-order valence-corrected chi connectivity index (χ0v) is 9.97. The number of nitrogens with one attached hydrogen (secondary N) is 1. The van der Waals surface area contributed by atoms with Gasteiger partial charge in [0.05, 0.1) is 6.61 Å². The van der Waals surface area contributed by atoms with Crippen LogP contribution < -0.4 is 5.32 Å². The van der Waals surface area contributed by atoms with Crippen LogP contribution in [-0.2, 0) is 16.1 Å². The number of rotatable bonds is 6. The molecule has 84 valence electrons. The normalized spacial score (nSPS) is 12.4. The quantitative estimate of drug-likeness (QED) is 0.757. The fourth-order valence-corrected chi connectivity index (χ4v) is 1.94. The molecule has 1 N–H and O–H groups in total. The summed E-state index contributed by atoms with van der Waals surface area (Å²) < 4.78 is 4.97. The Labute approximate surface area is 94.5 Å². The highest BCUT2D eigenvalue weighted by Crippen LogP contribution is 2.06. The van der Waals surface area contributed by atoms with Gasteiger partial charge in [0.2, 0.25) is 0 Å². The summed E-state index contributed by atoms with van der Waals surface area (Å²) in [5.41, 5.74) is 1.21. The summed E-state index contributed by atoms with van der Waals surface area (Å²) in [4.78, 5) is 11.5. The highest BCUT2D eigenvalue weighted by atomic mass is 32.1. The molecule has 1 rings (SSSR count). The number of hydrogen-bond donors (Lipinski definition) is 1. The van der Waals surface area contributed by atoms with Crippen LogP contribution in [0.1, 0.15) is 25.8 Å². The number of hydrogen-bond acceptors (Lipinski definition) is 4. The Hall–Kier alpha value is -0.870. The Kier molecular flexibility index (Phi) is 5.36. The molecule has 1 unspecified atom stereocenters. The first-order valence-electron chi connectivity index (χ1n) is 5.19. The third-order valence-electron chi connectivity index (χ3n) is 2.11. The Morgan fingerprint density at radius 1 is 1.60 bits per heavy atom. The Morgan fingerprint density at radius 3 is 2.93 bits per heavy atom. The van der Waals surface area contributed by atoms with Gasteiger partial charge >= 0.3 is 5.97 Å². The van der Waals surface area contributed by atoms with Gasteiger partial charge in [-0.2, -0.15) is 11.3 Å². The fraction of sp³-hybridized carbons (Fsp3) is 0.545. The van der Waals surface area contributed by atoms with E-state index in [1.165, 1.54) is 5.56 Å². The minimum absolute atomic E-state index is 0.157. The lowest BCUT2D eigenvalue weighted by molar-refractivity contribution is -0.145. The molecule has 4 heteroatoms. The molecule has 15 heavy (non-hydrogen) atoms. The lowest BCUT2D eigenvalue weighted by Gasteiger charge is -2.14. The molecule has 1 heterocycles. The molecule has 1 aromatic rings.